The summed E-state index contributed by atoms with van der Waals surface area (Å²) in [6.07, 6.45) is -0.454. The number of hydrogen-bond donors (Lipinski definition) is 2. The number of thioether (sulfide) groups is 1. The van der Waals surface area contributed by atoms with E-state index < -0.39 is 11.7 Å². The molecular formula is C20H26N2O3S2. The fraction of sp³-hybridized carbons (Fsp3) is 0.400. The van der Waals surface area contributed by atoms with Gasteiger partial charge in [-0.2, -0.15) is 11.8 Å². The second kappa shape index (κ2) is 10.4. The van der Waals surface area contributed by atoms with Gasteiger partial charge in [0.2, 0.25) is 0 Å². The number of carbonyl (C=O) groups is 2. The first kappa shape index (κ1) is 21.3. The summed E-state index contributed by atoms with van der Waals surface area (Å²) in [5, 5.41) is 7.70. The van der Waals surface area contributed by atoms with Gasteiger partial charge in [0, 0.05) is 35.0 Å². The van der Waals surface area contributed by atoms with Crippen LogP contribution in [0.4, 0.5) is 4.79 Å². The lowest BCUT2D eigenvalue weighted by Crippen LogP contribution is -2.32. The number of carbonyl (C=O) groups excluding carboxylic acids is 2. The third-order valence-corrected chi connectivity index (χ3v) is 5.48. The van der Waals surface area contributed by atoms with E-state index >= 15 is 0 Å². The lowest BCUT2D eigenvalue weighted by Gasteiger charge is -2.19. The van der Waals surface area contributed by atoms with E-state index in [0.717, 1.165) is 17.1 Å². The Bertz CT molecular complexity index is 723. The summed E-state index contributed by atoms with van der Waals surface area (Å²) in [6.45, 7) is 6.45. The second-order valence-corrected chi connectivity index (χ2v) is 9.08. The monoisotopic (exact) mass is 406 g/mol. The van der Waals surface area contributed by atoms with E-state index in [9.17, 15) is 9.59 Å². The summed E-state index contributed by atoms with van der Waals surface area (Å²) in [7, 11) is 0. The Balaban J connectivity index is 1.67. The minimum atomic E-state index is -0.520. The van der Waals surface area contributed by atoms with Gasteiger partial charge in [-0.3, -0.25) is 4.79 Å². The van der Waals surface area contributed by atoms with Crippen molar-refractivity contribution >= 4 is 35.1 Å². The average Bonchev–Trinajstić information content (AvgIpc) is 3.12. The molecule has 0 aliphatic rings. The van der Waals surface area contributed by atoms with Crippen LogP contribution in [0, 0.1) is 0 Å². The summed E-state index contributed by atoms with van der Waals surface area (Å²) < 4.78 is 5.19. The van der Waals surface area contributed by atoms with Crippen molar-refractivity contribution in [3.05, 3.63) is 57.8 Å². The first-order chi connectivity index (χ1) is 12.8. The molecule has 0 fully saturated rings. The quantitative estimate of drug-likeness (QED) is 0.636. The summed E-state index contributed by atoms with van der Waals surface area (Å²) in [4.78, 5) is 25.2. The minimum absolute atomic E-state index is 0.0848. The van der Waals surface area contributed by atoms with Crippen LogP contribution >= 0.6 is 23.1 Å². The van der Waals surface area contributed by atoms with Crippen LogP contribution in [0.1, 0.15) is 41.6 Å². The van der Waals surface area contributed by atoms with E-state index in [1.54, 1.807) is 23.5 Å². The van der Waals surface area contributed by atoms with E-state index in [4.69, 9.17) is 4.74 Å². The first-order valence-corrected chi connectivity index (χ1v) is 10.8. The molecule has 146 valence electrons. The van der Waals surface area contributed by atoms with Gasteiger partial charge in [0.25, 0.3) is 5.91 Å². The average molecular weight is 407 g/mol. The predicted octanol–water partition coefficient (Wildman–Crippen LogP) is 4.44. The summed E-state index contributed by atoms with van der Waals surface area (Å²) in [5.74, 6) is 1.77. The normalized spacial score (nSPS) is 11.1. The molecule has 1 heterocycles. The van der Waals surface area contributed by atoms with Crippen molar-refractivity contribution in [2.24, 2.45) is 0 Å². The van der Waals surface area contributed by atoms with Crippen molar-refractivity contribution in [1.82, 2.24) is 10.6 Å². The van der Waals surface area contributed by atoms with Gasteiger partial charge < -0.3 is 15.4 Å². The number of alkyl carbamates (subject to hydrolysis) is 1. The molecule has 0 saturated carbocycles. The maximum Gasteiger partial charge on any atom is 0.407 e. The molecule has 0 atom stereocenters. The summed E-state index contributed by atoms with van der Waals surface area (Å²) >= 11 is 3.56. The van der Waals surface area contributed by atoms with Crippen molar-refractivity contribution in [3.8, 4) is 0 Å². The van der Waals surface area contributed by atoms with Crippen LogP contribution in [-0.4, -0.2) is 29.9 Å². The van der Waals surface area contributed by atoms with Crippen LogP contribution < -0.4 is 10.6 Å². The van der Waals surface area contributed by atoms with Gasteiger partial charge in [-0.1, -0.05) is 18.2 Å². The summed E-state index contributed by atoms with van der Waals surface area (Å²) in [5.41, 5.74) is 0.997. The molecular weight excluding hydrogens is 380 g/mol. The predicted molar refractivity (Wildman–Crippen MR) is 112 cm³/mol. The Kier molecular flexibility index (Phi) is 8.19. The summed E-state index contributed by atoms with van der Waals surface area (Å²) in [6, 6.07) is 11.4. The lowest BCUT2D eigenvalue weighted by atomic mass is 10.1. The van der Waals surface area contributed by atoms with E-state index in [0.29, 0.717) is 18.7 Å². The molecule has 0 aliphatic carbocycles. The molecule has 1 aromatic carbocycles. The highest BCUT2D eigenvalue weighted by Gasteiger charge is 2.15. The molecule has 5 nitrogen and oxygen atoms in total. The molecule has 27 heavy (non-hydrogen) atoms. The van der Waals surface area contributed by atoms with Crippen molar-refractivity contribution in [2.75, 3.05) is 12.3 Å². The Hall–Kier alpha value is -1.99. The van der Waals surface area contributed by atoms with Crippen LogP contribution in [0.2, 0.25) is 0 Å². The molecule has 0 spiro atoms. The van der Waals surface area contributed by atoms with Crippen molar-refractivity contribution in [1.29, 1.82) is 0 Å². The van der Waals surface area contributed by atoms with Gasteiger partial charge in [0.15, 0.2) is 0 Å². The number of rotatable bonds is 8. The fourth-order valence-corrected chi connectivity index (χ4v) is 3.87. The Labute approximate surface area is 168 Å². The van der Waals surface area contributed by atoms with Crippen LogP contribution in [0.15, 0.2) is 41.8 Å². The highest BCUT2D eigenvalue weighted by atomic mass is 32.2. The van der Waals surface area contributed by atoms with Crippen LogP contribution in [0.25, 0.3) is 0 Å². The molecule has 2 N–H and O–H groups in total. The van der Waals surface area contributed by atoms with Crippen molar-refractivity contribution in [3.63, 3.8) is 0 Å². The SMILES string of the molecule is CC(C)(C)OC(=O)NCc1ccc(C(=O)NCCSCc2cccs2)cc1. The lowest BCUT2D eigenvalue weighted by molar-refractivity contribution is 0.0523. The third-order valence-electron chi connectivity index (χ3n) is 3.41. The number of amides is 2. The zero-order valence-electron chi connectivity index (χ0n) is 15.9. The molecule has 0 aliphatic heterocycles. The van der Waals surface area contributed by atoms with Gasteiger partial charge in [-0.05, 0) is 49.9 Å². The Morgan fingerprint density at radius 1 is 1.11 bits per heavy atom. The van der Waals surface area contributed by atoms with E-state index in [1.165, 1.54) is 4.88 Å². The molecule has 2 amide bonds. The molecule has 0 radical (unpaired) electrons. The number of hydrogen-bond acceptors (Lipinski definition) is 5. The number of nitrogens with one attached hydrogen (secondary N) is 2. The zero-order valence-corrected chi connectivity index (χ0v) is 17.5. The Morgan fingerprint density at radius 2 is 1.85 bits per heavy atom. The Morgan fingerprint density at radius 3 is 2.48 bits per heavy atom. The van der Waals surface area contributed by atoms with Crippen LogP contribution in [0.5, 0.6) is 0 Å². The highest BCUT2D eigenvalue weighted by Crippen LogP contribution is 2.16. The first-order valence-electron chi connectivity index (χ1n) is 8.77. The van der Waals surface area contributed by atoms with Crippen LogP contribution in [0.3, 0.4) is 0 Å². The second-order valence-electron chi connectivity index (χ2n) is 6.94. The molecule has 0 saturated heterocycles. The number of ether oxygens (including phenoxy) is 1. The van der Waals surface area contributed by atoms with Crippen LogP contribution in [-0.2, 0) is 17.0 Å². The van der Waals surface area contributed by atoms with E-state index in [1.807, 2.05) is 44.7 Å². The molecule has 1 aromatic heterocycles. The third kappa shape index (κ3) is 8.49. The number of thiophene rings is 1. The number of benzene rings is 1. The van der Waals surface area contributed by atoms with Gasteiger partial charge in [0.05, 0.1) is 0 Å². The highest BCUT2D eigenvalue weighted by molar-refractivity contribution is 7.98. The zero-order chi connectivity index (χ0) is 19.7. The standard InChI is InChI=1S/C20H26N2O3S2/c1-20(2,3)25-19(24)22-13-15-6-8-16(9-7-15)18(23)21-10-12-26-14-17-5-4-11-27-17/h4-9,11H,10,12-14H2,1-3H3,(H,21,23)(H,22,24). The molecule has 0 unspecified atom stereocenters. The van der Waals surface area contributed by atoms with E-state index in [-0.39, 0.29) is 5.91 Å². The maximum atomic E-state index is 12.2. The molecule has 2 aromatic rings. The molecule has 7 heteroatoms. The maximum absolute atomic E-state index is 12.2. The van der Waals surface area contributed by atoms with Gasteiger partial charge in [-0.25, -0.2) is 4.79 Å². The van der Waals surface area contributed by atoms with Gasteiger partial charge >= 0.3 is 6.09 Å². The van der Waals surface area contributed by atoms with Gasteiger partial charge in [0.1, 0.15) is 5.60 Å². The molecule has 2 rings (SSSR count). The van der Waals surface area contributed by atoms with Crippen molar-refractivity contribution in [2.45, 2.75) is 38.7 Å². The molecule has 0 bridgehead atoms. The topological polar surface area (TPSA) is 67.4 Å². The fourth-order valence-electron chi connectivity index (χ4n) is 2.17. The van der Waals surface area contributed by atoms with E-state index in [2.05, 4.69) is 28.1 Å². The van der Waals surface area contributed by atoms with Crippen molar-refractivity contribution < 1.29 is 14.3 Å². The van der Waals surface area contributed by atoms with Gasteiger partial charge in [-0.15, -0.1) is 11.3 Å². The minimum Gasteiger partial charge on any atom is -0.444 e. The smallest absolute Gasteiger partial charge is 0.407 e. The largest absolute Gasteiger partial charge is 0.444 e.